The molecule has 1 fully saturated rings. The third-order valence-electron chi connectivity index (χ3n) is 5.80. The van der Waals surface area contributed by atoms with E-state index in [0.29, 0.717) is 25.0 Å². The summed E-state index contributed by atoms with van der Waals surface area (Å²) >= 11 is 0. The van der Waals surface area contributed by atoms with E-state index in [2.05, 4.69) is 42.7 Å². The smallest absolute Gasteiger partial charge is 0.228 e. The molecule has 1 saturated heterocycles. The highest BCUT2D eigenvalue weighted by Gasteiger charge is 2.26. The zero-order valence-corrected chi connectivity index (χ0v) is 19.6. The van der Waals surface area contributed by atoms with Crippen LogP contribution in [-0.2, 0) is 28.7 Å². The topological polar surface area (TPSA) is 58.4 Å². The van der Waals surface area contributed by atoms with E-state index in [0.717, 1.165) is 24.3 Å². The molecule has 0 radical (unpaired) electrons. The van der Waals surface area contributed by atoms with Crippen LogP contribution in [-0.4, -0.2) is 61.0 Å². The zero-order valence-electron chi connectivity index (χ0n) is 18.8. The van der Waals surface area contributed by atoms with E-state index in [-0.39, 0.29) is 10.9 Å². The normalized spacial score (nSPS) is 18.4. The fourth-order valence-corrected chi connectivity index (χ4v) is 5.76. The van der Waals surface area contributed by atoms with Crippen LogP contribution in [0.4, 0.5) is 0 Å². The standard InChI is InChI=1S/C23H36N4O2S/c1-19(2)15-27-22(17-25(3)16-21-12-8-9-13-26(21)4)14-24-23(27)30(28,29)18-20-10-6-5-7-11-20/h5-7,10-11,14,19,21H,8-9,12-13,15-18H2,1-4H3/t21-/m1/s1. The summed E-state index contributed by atoms with van der Waals surface area (Å²) in [5, 5.41) is 0.193. The van der Waals surface area contributed by atoms with Crippen molar-refractivity contribution < 1.29 is 8.42 Å². The molecule has 7 heteroatoms. The van der Waals surface area contributed by atoms with Crippen LogP contribution in [0.2, 0.25) is 0 Å². The van der Waals surface area contributed by atoms with Crippen LogP contribution in [0.15, 0.2) is 41.7 Å². The monoisotopic (exact) mass is 432 g/mol. The summed E-state index contributed by atoms with van der Waals surface area (Å²) in [6, 6.07) is 9.90. The SMILES string of the molecule is CC(C)Cn1c(CN(C)C[C@H]2CCCCN2C)cnc1S(=O)(=O)Cc1ccccc1. The van der Waals surface area contributed by atoms with E-state index in [4.69, 9.17) is 0 Å². The van der Waals surface area contributed by atoms with Crippen molar-refractivity contribution in [2.24, 2.45) is 5.92 Å². The summed E-state index contributed by atoms with van der Waals surface area (Å²) in [5.41, 5.74) is 1.76. The van der Waals surface area contributed by atoms with Gasteiger partial charge in [0.1, 0.15) is 0 Å². The molecule has 0 saturated carbocycles. The largest absolute Gasteiger partial charge is 0.317 e. The molecule has 0 unspecified atom stereocenters. The van der Waals surface area contributed by atoms with E-state index >= 15 is 0 Å². The lowest BCUT2D eigenvalue weighted by Crippen LogP contribution is -2.43. The molecule has 1 aliphatic rings. The molecule has 1 aromatic heterocycles. The van der Waals surface area contributed by atoms with E-state index in [9.17, 15) is 8.42 Å². The number of likely N-dealkylation sites (N-methyl/N-ethyl adjacent to an activating group) is 2. The molecule has 30 heavy (non-hydrogen) atoms. The van der Waals surface area contributed by atoms with Gasteiger partial charge in [-0.1, -0.05) is 50.6 Å². The van der Waals surface area contributed by atoms with E-state index < -0.39 is 9.84 Å². The number of sulfone groups is 1. The van der Waals surface area contributed by atoms with Gasteiger partial charge in [-0.15, -0.1) is 0 Å². The van der Waals surface area contributed by atoms with Gasteiger partial charge < -0.3 is 9.47 Å². The van der Waals surface area contributed by atoms with Gasteiger partial charge in [0.05, 0.1) is 17.6 Å². The van der Waals surface area contributed by atoms with Crippen molar-refractivity contribution in [2.45, 2.75) is 63.2 Å². The Morgan fingerprint density at radius 2 is 1.93 bits per heavy atom. The van der Waals surface area contributed by atoms with Gasteiger partial charge in [-0.05, 0) is 45.0 Å². The molecule has 0 spiro atoms. The highest BCUT2D eigenvalue weighted by Crippen LogP contribution is 2.21. The number of imidazole rings is 1. The predicted molar refractivity (Wildman–Crippen MR) is 121 cm³/mol. The molecule has 0 N–H and O–H groups in total. The second-order valence-electron chi connectivity index (χ2n) is 9.11. The molecule has 3 rings (SSSR count). The Balaban J connectivity index is 1.79. The molecular weight excluding hydrogens is 396 g/mol. The Morgan fingerprint density at radius 3 is 2.60 bits per heavy atom. The molecule has 1 aromatic carbocycles. The summed E-state index contributed by atoms with van der Waals surface area (Å²) in [7, 11) is 0.806. The first kappa shape index (κ1) is 23.0. The van der Waals surface area contributed by atoms with Crippen LogP contribution in [0.1, 0.15) is 44.4 Å². The van der Waals surface area contributed by atoms with Crippen molar-refractivity contribution in [2.75, 3.05) is 27.2 Å². The van der Waals surface area contributed by atoms with Gasteiger partial charge in [0.15, 0.2) is 0 Å². The quantitative estimate of drug-likeness (QED) is 0.608. The highest BCUT2D eigenvalue weighted by atomic mass is 32.2. The van der Waals surface area contributed by atoms with Crippen LogP contribution in [0.25, 0.3) is 0 Å². The maximum atomic E-state index is 13.2. The fraction of sp³-hybridized carbons (Fsp3) is 0.609. The van der Waals surface area contributed by atoms with Crippen LogP contribution < -0.4 is 0 Å². The molecular formula is C23H36N4O2S. The maximum Gasteiger partial charge on any atom is 0.228 e. The highest BCUT2D eigenvalue weighted by molar-refractivity contribution is 7.90. The Kier molecular flexibility index (Phi) is 7.71. The number of benzene rings is 1. The first-order valence-electron chi connectivity index (χ1n) is 11.0. The third-order valence-corrected chi connectivity index (χ3v) is 7.40. The first-order valence-corrected chi connectivity index (χ1v) is 12.6. The van der Waals surface area contributed by atoms with Crippen molar-refractivity contribution in [3.05, 3.63) is 47.8 Å². The first-order chi connectivity index (χ1) is 14.3. The summed E-state index contributed by atoms with van der Waals surface area (Å²) in [6.45, 7) is 7.71. The number of hydrogen-bond acceptors (Lipinski definition) is 5. The Hall–Kier alpha value is -1.70. The van der Waals surface area contributed by atoms with Gasteiger partial charge in [-0.3, -0.25) is 4.90 Å². The minimum absolute atomic E-state index is 0.0227. The fourth-order valence-electron chi connectivity index (χ4n) is 4.26. The van der Waals surface area contributed by atoms with Gasteiger partial charge in [0.25, 0.3) is 0 Å². The summed E-state index contributed by atoms with van der Waals surface area (Å²) in [4.78, 5) is 9.13. The Labute approximate surface area is 181 Å². The van der Waals surface area contributed by atoms with Gasteiger partial charge >= 0.3 is 0 Å². The van der Waals surface area contributed by atoms with E-state index in [1.807, 2.05) is 34.9 Å². The summed E-state index contributed by atoms with van der Waals surface area (Å²) < 4.78 is 28.2. The number of aromatic nitrogens is 2. The van der Waals surface area contributed by atoms with Crippen molar-refractivity contribution >= 4 is 9.84 Å². The molecule has 2 heterocycles. The second-order valence-corrected chi connectivity index (χ2v) is 11.0. The Bertz CT molecular complexity index is 909. The molecule has 0 bridgehead atoms. The average Bonchev–Trinajstić information content (AvgIpc) is 3.06. The lowest BCUT2D eigenvalue weighted by Gasteiger charge is -2.35. The minimum Gasteiger partial charge on any atom is -0.317 e. The van der Waals surface area contributed by atoms with Gasteiger partial charge in [0, 0.05) is 25.7 Å². The van der Waals surface area contributed by atoms with Gasteiger partial charge in [-0.25, -0.2) is 13.4 Å². The lowest BCUT2D eigenvalue weighted by molar-refractivity contribution is 0.137. The number of hydrogen-bond donors (Lipinski definition) is 0. The van der Waals surface area contributed by atoms with Crippen molar-refractivity contribution in [3.63, 3.8) is 0 Å². The Morgan fingerprint density at radius 1 is 1.20 bits per heavy atom. The number of likely N-dealkylation sites (tertiary alicyclic amines) is 1. The lowest BCUT2D eigenvalue weighted by atomic mass is 10.0. The molecule has 166 valence electrons. The van der Waals surface area contributed by atoms with Crippen molar-refractivity contribution in [3.8, 4) is 0 Å². The molecule has 0 aliphatic carbocycles. The van der Waals surface area contributed by atoms with E-state index in [1.54, 1.807) is 6.20 Å². The van der Waals surface area contributed by atoms with Crippen LogP contribution in [0.3, 0.4) is 0 Å². The molecule has 0 amide bonds. The molecule has 6 nitrogen and oxygen atoms in total. The minimum atomic E-state index is -3.52. The van der Waals surface area contributed by atoms with Crippen molar-refractivity contribution in [1.82, 2.24) is 19.4 Å². The molecule has 2 aromatic rings. The maximum absolute atomic E-state index is 13.2. The molecule has 1 aliphatic heterocycles. The van der Waals surface area contributed by atoms with E-state index in [1.165, 1.54) is 19.3 Å². The third kappa shape index (κ3) is 5.93. The van der Waals surface area contributed by atoms with Gasteiger partial charge in [-0.2, -0.15) is 0 Å². The van der Waals surface area contributed by atoms with Crippen LogP contribution >= 0.6 is 0 Å². The number of piperidine rings is 1. The number of nitrogens with zero attached hydrogens (tertiary/aromatic N) is 4. The predicted octanol–water partition coefficient (Wildman–Crippen LogP) is 3.43. The second kappa shape index (κ2) is 10.1. The zero-order chi connectivity index (χ0) is 21.7. The summed E-state index contributed by atoms with van der Waals surface area (Å²) in [5.74, 6) is 0.309. The average molecular weight is 433 g/mol. The number of rotatable bonds is 9. The van der Waals surface area contributed by atoms with Crippen LogP contribution in [0.5, 0.6) is 0 Å². The van der Waals surface area contributed by atoms with Crippen LogP contribution in [0, 0.1) is 5.92 Å². The van der Waals surface area contributed by atoms with Gasteiger partial charge in [0.2, 0.25) is 15.0 Å². The summed E-state index contributed by atoms with van der Waals surface area (Å²) in [6.07, 6.45) is 5.54. The van der Waals surface area contributed by atoms with Crippen molar-refractivity contribution in [1.29, 1.82) is 0 Å². The molecule has 1 atom stereocenters.